The predicted octanol–water partition coefficient (Wildman–Crippen LogP) is 4.22. The number of hydrogen-bond acceptors (Lipinski definition) is 3. The van der Waals surface area contributed by atoms with Crippen molar-refractivity contribution in [3.8, 4) is 5.75 Å². The summed E-state index contributed by atoms with van der Waals surface area (Å²) in [7, 11) is 0. The minimum atomic E-state index is -0.487. The van der Waals surface area contributed by atoms with E-state index in [2.05, 4.69) is 15.9 Å². The summed E-state index contributed by atoms with van der Waals surface area (Å²) in [5.74, 6) is 0.378. The lowest BCUT2D eigenvalue weighted by atomic mass is 10.1. The lowest BCUT2D eigenvalue weighted by Gasteiger charge is -2.24. The van der Waals surface area contributed by atoms with E-state index in [0.29, 0.717) is 29.9 Å². The van der Waals surface area contributed by atoms with E-state index in [9.17, 15) is 9.18 Å². The van der Waals surface area contributed by atoms with Gasteiger partial charge in [-0.15, -0.1) is 0 Å². The second kappa shape index (κ2) is 6.86. The molecule has 1 unspecified atom stereocenters. The van der Waals surface area contributed by atoms with Gasteiger partial charge in [0.05, 0.1) is 6.61 Å². The van der Waals surface area contributed by atoms with Crippen molar-refractivity contribution in [2.45, 2.75) is 32.8 Å². The Labute approximate surface area is 138 Å². The molecule has 1 aliphatic heterocycles. The molecule has 0 spiro atoms. The monoisotopic (exact) mass is 373 g/mol. The first-order valence-electron chi connectivity index (χ1n) is 7.30. The highest BCUT2D eigenvalue weighted by Gasteiger charge is 2.30. The Balaban J connectivity index is 1.82. The second-order valence-corrected chi connectivity index (χ2v) is 7.41. The van der Waals surface area contributed by atoms with Crippen LogP contribution in [0.5, 0.6) is 5.75 Å². The molecule has 1 aliphatic rings. The Kier molecular flexibility index (Phi) is 5.32. The molecule has 6 heteroatoms. The summed E-state index contributed by atoms with van der Waals surface area (Å²) >= 11 is 3.23. The van der Waals surface area contributed by atoms with Crippen LogP contribution in [0.25, 0.3) is 0 Å². The van der Waals surface area contributed by atoms with Gasteiger partial charge in [-0.05, 0) is 39.3 Å². The van der Waals surface area contributed by atoms with Gasteiger partial charge >= 0.3 is 6.09 Å². The molecule has 0 radical (unpaired) electrons. The molecule has 0 bridgehead atoms. The zero-order valence-electron chi connectivity index (χ0n) is 13.1. The highest BCUT2D eigenvalue weighted by Crippen LogP contribution is 2.24. The molecule has 1 heterocycles. The minimum Gasteiger partial charge on any atom is -0.493 e. The summed E-state index contributed by atoms with van der Waals surface area (Å²) < 4.78 is 24.9. The summed E-state index contributed by atoms with van der Waals surface area (Å²) in [5.41, 5.74) is -0.487. The van der Waals surface area contributed by atoms with Crippen molar-refractivity contribution in [3.63, 3.8) is 0 Å². The van der Waals surface area contributed by atoms with Crippen LogP contribution in [0.4, 0.5) is 9.18 Å². The van der Waals surface area contributed by atoms with E-state index in [1.165, 1.54) is 12.1 Å². The maximum atomic E-state index is 13.3. The number of nitrogens with zero attached hydrogens (tertiary/aromatic N) is 1. The van der Waals surface area contributed by atoms with Crippen LogP contribution in [0.1, 0.15) is 27.2 Å². The number of rotatable bonds is 3. The summed E-state index contributed by atoms with van der Waals surface area (Å²) in [6, 6.07) is 4.46. The zero-order chi connectivity index (χ0) is 16.3. The van der Waals surface area contributed by atoms with Crippen LogP contribution in [0.3, 0.4) is 0 Å². The van der Waals surface area contributed by atoms with Gasteiger partial charge in [-0.2, -0.15) is 0 Å². The zero-order valence-corrected chi connectivity index (χ0v) is 14.7. The number of carbonyl (C=O) groups is 1. The highest BCUT2D eigenvalue weighted by atomic mass is 79.9. The number of ether oxygens (including phenoxy) is 2. The normalized spacial score (nSPS) is 18.4. The van der Waals surface area contributed by atoms with Crippen molar-refractivity contribution in [2.24, 2.45) is 5.92 Å². The Morgan fingerprint density at radius 3 is 2.77 bits per heavy atom. The van der Waals surface area contributed by atoms with Crippen LogP contribution in [0.15, 0.2) is 22.7 Å². The Bertz CT molecular complexity index is 524. The molecule has 122 valence electrons. The fraction of sp³-hybridized carbons (Fsp3) is 0.562. The van der Waals surface area contributed by atoms with Gasteiger partial charge in [0.25, 0.3) is 0 Å². The maximum absolute atomic E-state index is 13.3. The molecule has 1 aromatic carbocycles. The van der Waals surface area contributed by atoms with E-state index in [4.69, 9.17) is 9.47 Å². The smallest absolute Gasteiger partial charge is 0.410 e. The molecule has 0 aliphatic carbocycles. The van der Waals surface area contributed by atoms with Crippen molar-refractivity contribution < 1.29 is 18.7 Å². The van der Waals surface area contributed by atoms with Crippen LogP contribution in [0.2, 0.25) is 0 Å². The summed E-state index contributed by atoms with van der Waals surface area (Å²) in [6.45, 7) is 7.27. The maximum Gasteiger partial charge on any atom is 0.410 e. The third-order valence-electron chi connectivity index (χ3n) is 3.26. The minimum absolute atomic E-state index is 0.231. The van der Waals surface area contributed by atoms with Crippen molar-refractivity contribution in [3.05, 3.63) is 28.5 Å². The summed E-state index contributed by atoms with van der Waals surface area (Å²) in [6.07, 6.45) is 0.568. The van der Waals surface area contributed by atoms with Gasteiger partial charge in [-0.1, -0.05) is 15.9 Å². The third kappa shape index (κ3) is 5.16. The molecule has 0 saturated carbocycles. The van der Waals surface area contributed by atoms with Crippen LogP contribution < -0.4 is 4.74 Å². The number of carbonyl (C=O) groups excluding carboxylic acids is 1. The number of amides is 1. The highest BCUT2D eigenvalue weighted by molar-refractivity contribution is 9.10. The van der Waals surface area contributed by atoms with Crippen molar-refractivity contribution in [2.75, 3.05) is 19.7 Å². The van der Waals surface area contributed by atoms with E-state index in [1.807, 2.05) is 20.8 Å². The SMILES string of the molecule is CC(C)(C)OC(=O)N1CCC(COc2cc(F)cc(Br)c2)C1. The molecule has 22 heavy (non-hydrogen) atoms. The van der Waals surface area contributed by atoms with Crippen LogP contribution in [-0.4, -0.2) is 36.3 Å². The van der Waals surface area contributed by atoms with Gasteiger partial charge < -0.3 is 14.4 Å². The number of likely N-dealkylation sites (tertiary alicyclic amines) is 1. The molecular weight excluding hydrogens is 353 g/mol. The summed E-state index contributed by atoms with van der Waals surface area (Å²) in [4.78, 5) is 13.7. The van der Waals surface area contributed by atoms with Gasteiger partial charge in [0.15, 0.2) is 0 Å². The fourth-order valence-electron chi connectivity index (χ4n) is 2.29. The average molecular weight is 374 g/mol. The van der Waals surface area contributed by atoms with Crippen LogP contribution in [-0.2, 0) is 4.74 Å². The molecule has 1 saturated heterocycles. The molecule has 0 N–H and O–H groups in total. The largest absolute Gasteiger partial charge is 0.493 e. The number of hydrogen-bond donors (Lipinski definition) is 0. The van der Waals surface area contributed by atoms with Crippen LogP contribution >= 0.6 is 15.9 Å². The molecule has 0 aromatic heterocycles. The lowest BCUT2D eigenvalue weighted by molar-refractivity contribution is 0.0285. The molecule has 1 amide bonds. The molecule has 2 rings (SSSR count). The topological polar surface area (TPSA) is 38.8 Å². The van der Waals surface area contributed by atoms with E-state index < -0.39 is 5.60 Å². The molecular formula is C16H21BrFNO3. The van der Waals surface area contributed by atoms with Gasteiger partial charge in [0.1, 0.15) is 17.2 Å². The van der Waals surface area contributed by atoms with E-state index in [-0.39, 0.29) is 17.8 Å². The van der Waals surface area contributed by atoms with Gasteiger partial charge in [-0.25, -0.2) is 9.18 Å². The summed E-state index contributed by atoms with van der Waals surface area (Å²) in [5, 5.41) is 0. The average Bonchev–Trinajstić information content (AvgIpc) is 2.82. The van der Waals surface area contributed by atoms with Crippen molar-refractivity contribution in [1.82, 2.24) is 4.90 Å². The molecule has 1 atom stereocenters. The standard InChI is InChI=1S/C16H21BrFNO3/c1-16(2,3)22-15(20)19-5-4-11(9-19)10-21-14-7-12(17)6-13(18)8-14/h6-8,11H,4-5,9-10H2,1-3H3. The van der Waals surface area contributed by atoms with Crippen molar-refractivity contribution >= 4 is 22.0 Å². The first-order valence-corrected chi connectivity index (χ1v) is 8.09. The molecule has 4 nitrogen and oxygen atoms in total. The Morgan fingerprint density at radius 1 is 1.41 bits per heavy atom. The first-order chi connectivity index (χ1) is 10.2. The number of halogens is 2. The van der Waals surface area contributed by atoms with Crippen LogP contribution in [0, 0.1) is 11.7 Å². The number of benzene rings is 1. The molecule has 1 fully saturated rings. The van der Waals surface area contributed by atoms with E-state index in [0.717, 1.165) is 6.42 Å². The second-order valence-electron chi connectivity index (χ2n) is 6.50. The third-order valence-corrected chi connectivity index (χ3v) is 3.72. The quantitative estimate of drug-likeness (QED) is 0.795. The predicted molar refractivity (Wildman–Crippen MR) is 85.5 cm³/mol. The Hall–Kier alpha value is -1.30. The van der Waals surface area contributed by atoms with Gasteiger partial charge in [0, 0.05) is 29.5 Å². The van der Waals surface area contributed by atoms with E-state index in [1.54, 1.807) is 11.0 Å². The van der Waals surface area contributed by atoms with Gasteiger partial charge in [-0.3, -0.25) is 0 Å². The fourth-order valence-corrected chi connectivity index (χ4v) is 2.73. The first kappa shape index (κ1) is 17.1. The lowest BCUT2D eigenvalue weighted by Crippen LogP contribution is -2.35. The van der Waals surface area contributed by atoms with Gasteiger partial charge in [0.2, 0.25) is 0 Å². The molecule has 1 aromatic rings. The van der Waals surface area contributed by atoms with Crippen molar-refractivity contribution in [1.29, 1.82) is 0 Å². The van der Waals surface area contributed by atoms with E-state index >= 15 is 0 Å². The Morgan fingerprint density at radius 2 is 2.14 bits per heavy atom.